The summed E-state index contributed by atoms with van der Waals surface area (Å²) in [5.41, 5.74) is 1.60. The Morgan fingerprint density at radius 2 is 2.28 bits per heavy atom. The molecule has 1 saturated carbocycles. The highest BCUT2D eigenvalue weighted by molar-refractivity contribution is 7.12. The second-order valence-electron chi connectivity index (χ2n) is 6.48. The van der Waals surface area contributed by atoms with Crippen LogP contribution in [0.3, 0.4) is 0 Å². The van der Waals surface area contributed by atoms with Gasteiger partial charge in [-0.2, -0.15) is 9.78 Å². The Hall–Kier alpha value is -2.41. The van der Waals surface area contributed by atoms with Crippen LogP contribution in [0.2, 0.25) is 0 Å². The highest BCUT2D eigenvalue weighted by atomic mass is 32.1. The molecule has 0 unspecified atom stereocenters. The van der Waals surface area contributed by atoms with Crippen molar-refractivity contribution in [1.29, 1.82) is 0 Å². The number of nitrogens with one attached hydrogen (secondary N) is 1. The first-order chi connectivity index (χ1) is 12.2. The highest BCUT2D eigenvalue weighted by Crippen LogP contribution is 2.29. The van der Waals surface area contributed by atoms with Crippen molar-refractivity contribution < 1.29 is 9.21 Å². The Morgan fingerprint density at radius 1 is 1.44 bits per heavy atom. The lowest BCUT2D eigenvalue weighted by Gasteiger charge is -2.10. The number of hydrogen-bond donors (Lipinski definition) is 1. The summed E-state index contributed by atoms with van der Waals surface area (Å²) in [6.45, 7) is 1.91. The van der Waals surface area contributed by atoms with E-state index in [0.717, 1.165) is 30.0 Å². The van der Waals surface area contributed by atoms with Gasteiger partial charge in [-0.05, 0) is 37.8 Å². The number of amides is 1. The van der Waals surface area contributed by atoms with Crippen molar-refractivity contribution in [2.24, 2.45) is 5.92 Å². The van der Waals surface area contributed by atoms with Gasteiger partial charge in [-0.3, -0.25) is 4.79 Å². The number of thiazole rings is 1. The SMILES string of the molecule is Cc1cc(NC(=O)CC2CCCC2)n(-c2nc(-c3ccco3)cs2)n1. The second kappa shape index (κ2) is 6.84. The van der Waals surface area contributed by atoms with Crippen molar-refractivity contribution >= 4 is 23.1 Å². The van der Waals surface area contributed by atoms with Crippen LogP contribution in [0.4, 0.5) is 5.82 Å². The van der Waals surface area contributed by atoms with Crippen LogP contribution in [0, 0.1) is 12.8 Å². The van der Waals surface area contributed by atoms with E-state index in [-0.39, 0.29) is 5.91 Å². The zero-order valence-corrected chi connectivity index (χ0v) is 14.9. The van der Waals surface area contributed by atoms with Crippen molar-refractivity contribution in [2.45, 2.75) is 39.0 Å². The summed E-state index contributed by atoms with van der Waals surface area (Å²) in [7, 11) is 0. The molecule has 1 N–H and O–H groups in total. The van der Waals surface area contributed by atoms with Gasteiger partial charge >= 0.3 is 0 Å². The number of rotatable bonds is 5. The van der Waals surface area contributed by atoms with Gasteiger partial charge in [0.25, 0.3) is 0 Å². The predicted octanol–water partition coefficient (Wildman–Crippen LogP) is 4.42. The van der Waals surface area contributed by atoms with Crippen LogP contribution in [0.5, 0.6) is 0 Å². The maximum atomic E-state index is 12.4. The molecule has 1 amide bonds. The Labute approximate surface area is 149 Å². The lowest BCUT2D eigenvalue weighted by molar-refractivity contribution is -0.117. The number of aromatic nitrogens is 3. The van der Waals surface area contributed by atoms with E-state index >= 15 is 0 Å². The molecule has 0 saturated heterocycles. The quantitative estimate of drug-likeness (QED) is 0.734. The summed E-state index contributed by atoms with van der Waals surface area (Å²) < 4.78 is 7.08. The third-order valence-electron chi connectivity index (χ3n) is 4.49. The molecule has 25 heavy (non-hydrogen) atoms. The van der Waals surface area contributed by atoms with Gasteiger partial charge in [0.05, 0.1) is 12.0 Å². The van der Waals surface area contributed by atoms with Crippen LogP contribution in [0.15, 0.2) is 34.3 Å². The zero-order chi connectivity index (χ0) is 17.2. The molecule has 4 rings (SSSR count). The fourth-order valence-electron chi connectivity index (χ4n) is 3.30. The topological polar surface area (TPSA) is 73.0 Å². The highest BCUT2D eigenvalue weighted by Gasteiger charge is 2.20. The summed E-state index contributed by atoms with van der Waals surface area (Å²) in [6.07, 6.45) is 7.00. The molecule has 0 aromatic carbocycles. The third-order valence-corrected chi connectivity index (χ3v) is 5.31. The second-order valence-corrected chi connectivity index (χ2v) is 7.31. The minimum Gasteiger partial charge on any atom is -0.463 e. The van der Waals surface area contributed by atoms with Crippen molar-refractivity contribution in [3.05, 3.63) is 35.5 Å². The van der Waals surface area contributed by atoms with Crippen LogP contribution in [0.1, 0.15) is 37.8 Å². The van der Waals surface area contributed by atoms with E-state index in [1.54, 1.807) is 10.9 Å². The van der Waals surface area contributed by atoms with E-state index in [4.69, 9.17) is 4.42 Å². The maximum absolute atomic E-state index is 12.4. The van der Waals surface area contributed by atoms with E-state index in [1.165, 1.54) is 24.2 Å². The van der Waals surface area contributed by atoms with Crippen molar-refractivity contribution in [1.82, 2.24) is 14.8 Å². The fraction of sp³-hybridized carbons (Fsp3) is 0.389. The number of hydrogen-bond acceptors (Lipinski definition) is 5. The number of anilines is 1. The average molecular weight is 356 g/mol. The Bertz CT molecular complexity index is 860. The molecule has 0 spiro atoms. The summed E-state index contributed by atoms with van der Waals surface area (Å²) in [6, 6.07) is 5.58. The Kier molecular flexibility index (Phi) is 4.40. The number of aryl methyl sites for hydroxylation is 1. The molecule has 0 aliphatic heterocycles. The molecule has 1 aliphatic rings. The molecule has 3 aromatic rings. The van der Waals surface area contributed by atoms with E-state index < -0.39 is 0 Å². The van der Waals surface area contributed by atoms with E-state index in [0.29, 0.717) is 23.3 Å². The van der Waals surface area contributed by atoms with Gasteiger partial charge in [0.2, 0.25) is 11.0 Å². The third kappa shape index (κ3) is 3.51. The van der Waals surface area contributed by atoms with Crippen LogP contribution in [0.25, 0.3) is 16.6 Å². The summed E-state index contributed by atoms with van der Waals surface area (Å²) in [5.74, 6) is 1.96. The molecule has 130 valence electrons. The zero-order valence-electron chi connectivity index (χ0n) is 14.1. The van der Waals surface area contributed by atoms with Gasteiger partial charge in [0.15, 0.2) is 5.76 Å². The maximum Gasteiger partial charge on any atom is 0.225 e. The van der Waals surface area contributed by atoms with Crippen molar-refractivity contribution in [2.75, 3.05) is 5.32 Å². The molecule has 0 atom stereocenters. The number of furan rings is 1. The molecule has 0 bridgehead atoms. The van der Waals surface area contributed by atoms with Gasteiger partial charge in [0.1, 0.15) is 11.5 Å². The van der Waals surface area contributed by atoms with Gasteiger partial charge in [0, 0.05) is 17.9 Å². The lowest BCUT2D eigenvalue weighted by Crippen LogP contribution is -2.17. The molecule has 3 aromatic heterocycles. The van der Waals surface area contributed by atoms with Crippen LogP contribution < -0.4 is 5.32 Å². The van der Waals surface area contributed by atoms with Gasteiger partial charge in [-0.1, -0.05) is 12.8 Å². The first-order valence-corrected chi connectivity index (χ1v) is 9.43. The molecule has 7 heteroatoms. The number of nitrogens with zero attached hydrogens (tertiary/aromatic N) is 3. The number of carbonyl (C=O) groups excluding carboxylic acids is 1. The molecule has 6 nitrogen and oxygen atoms in total. The molecule has 1 fully saturated rings. The molecule has 1 aliphatic carbocycles. The number of carbonyl (C=O) groups is 1. The Morgan fingerprint density at radius 3 is 3.04 bits per heavy atom. The minimum atomic E-state index is 0.0517. The lowest BCUT2D eigenvalue weighted by atomic mass is 10.0. The smallest absolute Gasteiger partial charge is 0.225 e. The largest absolute Gasteiger partial charge is 0.463 e. The first-order valence-electron chi connectivity index (χ1n) is 8.55. The normalized spacial score (nSPS) is 14.9. The molecular formula is C18H20N4O2S. The first kappa shape index (κ1) is 16.1. The predicted molar refractivity (Wildman–Crippen MR) is 96.9 cm³/mol. The average Bonchev–Trinajstić information content (AvgIpc) is 3.35. The summed E-state index contributed by atoms with van der Waals surface area (Å²) in [5, 5.41) is 10.1. The van der Waals surface area contributed by atoms with E-state index in [1.807, 2.05) is 30.5 Å². The van der Waals surface area contributed by atoms with Crippen LogP contribution in [-0.4, -0.2) is 20.7 Å². The summed E-state index contributed by atoms with van der Waals surface area (Å²) in [4.78, 5) is 17.0. The standard InChI is InChI=1S/C18H20N4O2S/c1-12-9-16(20-17(23)10-13-5-2-3-6-13)22(21-12)18-19-14(11-25-18)15-7-4-8-24-15/h4,7-9,11,13H,2-3,5-6,10H2,1H3,(H,20,23). The van der Waals surface area contributed by atoms with Crippen LogP contribution >= 0.6 is 11.3 Å². The van der Waals surface area contributed by atoms with Gasteiger partial charge in [-0.15, -0.1) is 11.3 Å². The van der Waals surface area contributed by atoms with Gasteiger partial charge < -0.3 is 9.73 Å². The molecule has 3 heterocycles. The van der Waals surface area contributed by atoms with E-state index in [2.05, 4.69) is 15.4 Å². The van der Waals surface area contributed by atoms with Gasteiger partial charge in [-0.25, -0.2) is 4.98 Å². The van der Waals surface area contributed by atoms with Crippen molar-refractivity contribution in [3.8, 4) is 16.6 Å². The van der Waals surface area contributed by atoms with Crippen molar-refractivity contribution in [3.63, 3.8) is 0 Å². The minimum absolute atomic E-state index is 0.0517. The monoisotopic (exact) mass is 356 g/mol. The fourth-order valence-corrected chi connectivity index (χ4v) is 4.08. The Balaban J connectivity index is 1.53. The summed E-state index contributed by atoms with van der Waals surface area (Å²) >= 11 is 1.47. The van der Waals surface area contributed by atoms with Crippen LogP contribution in [-0.2, 0) is 4.79 Å². The molecule has 0 radical (unpaired) electrons. The van der Waals surface area contributed by atoms with E-state index in [9.17, 15) is 4.79 Å². The molecular weight excluding hydrogens is 336 g/mol.